The Labute approximate surface area is 93.6 Å². The lowest BCUT2D eigenvalue weighted by Crippen LogP contribution is -2.10. The van der Waals surface area contributed by atoms with E-state index in [-0.39, 0.29) is 17.1 Å². The molecule has 0 atom stereocenters. The number of carboxylic acid groups (broad SMARTS) is 1. The maximum absolute atomic E-state index is 12.5. The van der Waals surface area contributed by atoms with Gasteiger partial charge in [-0.05, 0) is 6.42 Å². The standard InChI is InChI=1S/C8H8ClF3N2O2/c1-14-7(9)4(2-3-5(15)16)6(13-14)8(10,11)12/h2-3H2,1H3,(H,15,16). The van der Waals surface area contributed by atoms with Crippen LogP contribution in [0.25, 0.3) is 0 Å². The van der Waals surface area contributed by atoms with Crippen molar-refractivity contribution < 1.29 is 23.1 Å². The summed E-state index contributed by atoms with van der Waals surface area (Å²) < 4.78 is 38.3. The second kappa shape index (κ2) is 4.32. The number of aryl methyl sites for hydroxylation is 1. The molecule has 16 heavy (non-hydrogen) atoms. The molecule has 0 aromatic carbocycles. The highest BCUT2D eigenvalue weighted by Crippen LogP contribution is 2.34. The Bertz CT molecular complexity index is 414. The molecule has 0 aliphatic rings. The zero-order valence-corrected chi connectivity index (χ0v) is 8.93. The number of carboxylic acids is 1. The first-order valence-electron chi connectivity index (χ1n) is 4.24. The van der Waals surface area contributed by atoms with Crippen LogP contribution in [0.3, 0.4) is 0 Å². The van der Waals surface area contributed by atoms with Gasteiger partial charge in [-0.2, -0.15) is 18.3 Å². The lowest BCUT2D eigenvalue weighted by atomic mass is 10.1. The van der Waals surface area contributed by atoms with Crippen molar-refractivity contribution in [2.24, 2.45) is 7.05 Å². The van der Waals surface area contributed by atoms with Crippen molar-refractivity contribution in [1.29, 1.82) is 0 Å². The van der Waals surface area contributed by atoms with E-state index in [4.69, 9.17) is 16.7 Å². The van der Waals surface area contributed by atoms with Crippen molar-refractivity contribution in [2.45, 2.75) is 19.0 Å². The van der Waals surface area contributed by atoms with Crippen LogP contribution in [-0.2, 0) is 24.4 Å². The number of nitrogens with zero attached hydrogens (tertiary/aromatic N) is 2. The van der Waals surface area contributed by atoms with Gasteiger partial charge >= 0.3 is 12.1 Å². The van der Waals surface area contributed by atoms with Crippen LogP contribution >= 0.6 is 11.6 Å². The zero-order chi connectivity index (χ0) is 12.5. The van der Waals surface area contributed by atoms with E-state index in [1.54, 1.807) is 0 Å². The number of aliphatic carboxylic acids is 1. The Kier molecular flexibility index (Phi) is 3.47. The third-order valence-corrected chi connectivity index (χ3v) is 2.40. The van der Waals surface area contributed by atoms with Crippen LogP contribution in [0.5, 0.6) is 0 Å². The molecule has 1 rings (SSSR count). The number of halogens is 4. The fourth-order valence-corrected chi connectivity index (χ4v) is 1.45. The molecule has 0 fully saturated rings. The van der Waals surface area contributed by atoms with Gasteiger partial charge in [-0.15, -0.1) is 0 Å². The highest BCUT2D eigenvalue weighted by atomic mass is 35.5. The summed E-state index contributed by atoms with van der Waals surface area (Å²) in [5, 5.41) is 11.5. The number of rotatable bonds is 3. The molecule has 0 spiro atoms. The minimum Gasteiger partial charge on any atom is -0.481 e. The summed E-state index contributed by atoms with van der Waals surface area (Å²) in [7, 11) is 1.27. The lowest BCUT2D eigenvalue weighted by molar-refractivity contribution is -0.143. The minimum absolute atomic E-state index is 0.187. The second-order valence-electron chi connectivity index (χ2n) is 3.13. The zero-order valence-electron chi connectivity index (χ0n) is 8.18. The molecule has 8 heteroatoms. The fourth-order valence-electron chi connectivity index (χ4n) is 1.23. The van der Waals surface area contributed by atoms with Crippen molar-refractivity contribution in [3.63, 3.8) is 0 Å². The molecule has 0 bridgehead atoms. The predicted octanol–water partition coefficient (Wildman–Crippen LogP) is 2.11. The number of aromatic nitrogens is 2. The van der Waals surface area contributed by atoms with Crippen LogP contribution in [0, 0.1) is 0 Å². The topological polar surface area (TPSA) is 55.1 Å². The van der Waals surface area contributed by atoms with Crippen LogP contribution in [-0.4, -0.2) is 20.9 Å². The molecule has 0 radical (unpaired) electrons. The second-order valence-corrected chi connectivity index (χ2v) is 3.49. The average Bonchev–Trinajstić information content (AvgIpc) is 2.40. The summed E-state index contributed by atoms with van der Waals surface area (Å²) in [5.74, 6) is -1.19. The van der Waals surface area contributed by atoms with Crippen molar-refractivity contribution in [2.75, 3.05) is 0 Å². The van der Waals surface area contributed by atoms with Crippen LogP contribution < -0.4 is 0 Å². The lowest BCUT2D eigenvalue weighted by Gasteiger charge is -2.04. The van der Waals surface area contributed by atoms with Crippen LogP contribution in [0.15, 0.2) is 0 Å². The molecule has 0 unspecified atom stereocenters. The molecule has 1 aromatic rings. The summed E-state index contributed by atoms with van der Waals surface area (Å²) in [4.78, 5) is 10.3. The average molecular weight is 257 g/mol. The molecule has 1 heterocycles. The van der Waals surface area contributed by atoms with Crippen molar-refractivity contribution in [3.05, 3.63) is 16.4 Å². The molecule has 0 saturated heterocycles. The van der Waals surface area contributed by atoms with Crippen molar-refractivity contribution >= 4 is 17.6 Å². The Morgan fingerprint density at radius 1 is 1.56 bits per heavy atom. The minimum atomic E-state index is -4.63. The Morgan fingerprint density at radius 3 is 2.56 bits per heavy atom. The van der Waals surface area contributed by atoms with Crippen LogP contribution in [0.4, 0.5) is 13.2 Å². The smallest absolute Gasteiger partial charge is 0.435 e. The van der Waals surface area contributed by atoms with Crippen molar-refractivity contribution in [1.82, 2.24) is 9.78 Å². The molecule has 0 aliphatic carbocycles. The summed E-state index contributed by atoms with van der Waals surface area (Å²) in [6.07, 6.45) is -5.34. The monoisotopic (exact) mass is 256 g/mol. The first-order chi connectivity index (χ1) is 7.23. The van der Waals surface area contributed by atoms with E-state index in [1.807, 2.05) is 0 Å². The van der Waals surface area contributed by atoms with Gasteiger partial charge in [0.15, 0.2) is 5.69 Å². The summed E-state index contributed by atoms with van der Waals surface area (Å²) >= 11 is 5.61. The van der Waals surface area contributed by atoms with Gasteiger partial charge in [0.25, 0.3) is 0 Å². The van der Waals surface area contributed by atoms with E-state index in [1.165, 1.54) is 7.05 Å². The van der Waals surface area contributed by atoms with Gasteiger partial charge in [0.1, 0.15) is 5.15 Å². The molecule has 4 nitrogen and oxygen atoms in total. The molecule has 0 aliphatic heterocycles. The first-order valence-corrected chi connectivity index (χ1v) is 4.61. The van der Waals surface area contributed by atoms with E-state index in [2.05, 4.69) is 5.10 Å². The van der Waals surface area contributed by atoms with E-state index in [0.717, 1.165) is 4.68 Å². The molecule has 1 N–H and O–H groups in total. The highest BCUT2D eigenvalue weighted by molar-refractivity contribution is 6.30. The summed E-state index contributed by atoms with van der Waals surface area (Å²) in [6, 6.07) is 0. The van der Waals surface area contributed by atoms with E-state index in [0.29, 0.717) is 0 Å². The molecular formula is C8H8ClF3N2O2. The summed E-state index contributed by atoms with van der Waals surface area (Å²) in [5.41, 5.74) is -1.40. The summed E-state index contributed by atoms with van der Waals surface area (Å²) in [6.45, 7) is 0. The van der Waals surface area contributed by atoms with Gasteiger partial charge in [0.05, 0.1) is 0 Å². The van der Waals surface area contributed by atoms with Gasteiger partial charge in [-0.25, -0.2) is 0 Å². The van der Waals surface area contributed by atoms with Gasteiger partial charge in [0, 0.05) is 19.0 Å². The van der Waals surface area contributed by atoms with Gasteiger partial charge in [-0.3, -0.25) is 9.48 Å². The van der Waals surface area contributed by atoms with Crippen LogP contribution in [0.2, 0.25) is 5.15 Å². The number of hydrogen-bond acceptors (Lipinski definition) is 2. The maximum atomic E-state index is 12.5. The highest BCUT2D eigenvalue weighted by Gasteiger charge is 2.38. The van der Waals surface area contributed by atoms with Gasteiger partial charge < -0.3 is 5.11 Å². The largest absolute Gasteiger partial charge is 0.481 e. The molecule has 0 amide bonds. The third-order valence-electron chi connectivity index (χ3n) is 1.93. The Morgan fingerprint density at radius 2 is 2.12 bits per heavy atom. The van der Waals surface area contributed by atoms with Gasteiger partial charge in [-0.1, -0.05) is 11.6 Å². The fraction of sp³-hybridized carbons (Fsp3) is 0.500. The van der Waals surface area contributed by atoms with E-state index < -0.39 is 24.3 Å². The first kappa shape index (κ1) is 12.8. The predicted molar refractivity (Wildman–Crippen MR) is 49.2 cm³/mol. The molecule has 1 aromatic heterocycles. The third kappa shape index (κ3) is 2.66. The van der Waals surface area contributed by atoms with Crippen LogP contribution in [0.1, 0.15) is 17.7 Å². The van der Waals surface area contributed by atoms with Crippen molar-refractivity contribution in [3.8, 4) is 0 Å². The van der Waals surface area contributed by atoms with E-state index in [9.17, 15) is 18.0 Å². The van der Waals surface area contributed by atoms with E-state index >= 15 is 0 Å². The number of carbonyl (C=O) groups is 1. The number of alkyl halides is 3. The quantitative estimate of drug-likeness (QED) is 0.901. The van der Waals surface area contributed by atoms with Gasteiger partial charge in [0.2, 0.25) is 0 Å². The molecular weight excluding hydrogens is 249 g/mol. The Hall–Kier alpha value is -1.24. The normalized spacial score (nSPS) is 11.8. The maximum Gasteiger partial charge on any atom is 0.435 e. The number of hydrogen-bond donors (Lipinski definition) is 1. The molecule has 90 valence electrons. The Balaban J connectivity index is 3.09. The SMILES string of the molecule is Cn1nc(C(F)(F)F)c(CCC(=O)O)c1Cl. The molecule has 0 saturated carbocycles.